The normalized spacial score (nSPS) is 15.5. The maximum Gasteiger partial charge on any atom is 0.246 e. The Bertz CT molecular complexity index is 668. The Hall–Kier alpha value is -1.70. The molecular formula is C16H19BrN4O2. The lowest BCUT2D eigenvalue weighted by molar-refractivity contribution is -0.116. The Kier molecular flexibility index (Phi) is 5.43. The molecule has 1 fully saturated rings. The van der Waals surface area contributed by atoms with E-state index in [9.17, 15) is 4.79 Å². The van der Waals surface area contributed by atoms with Gasteiger partial charge in [-0.25, -0.2) is 0 Å². The van der Waals surface area contributed by atoms with Gasteiger partial charge in [0.2, 0.25) is 5.91 Å². The quantitative estimate of drug-likeness (QED) is 0.865. The average Bonchev–Trinajstić information content (AvgIpc) is 2.93. The summed E-state index contributed by atoms with van der Waals surface area (Å²) in [4.78, 5) is 14.4. The van der Waals surface area contributed by atoms with E-state index < -0.39 is 0 Å². The van der Waals surface area contributed by atoms with Crippen molar-refractivity contribution < 1.29 is 9.53 Å². The molecule has 6 nitrogen and oxygen atoms in total. The number of hydrogen-bond donors (Lipinski definition) is 1. The summed E-state index contributed by atoms with van der Waals surface area (Å²) in [6.07, 6.45) is 3.44. The zero-order valence-electron chi connectivity index (χ0n) is 12.7. The molecule has 1 aliphatic rings. The van der Waals surface area contributed by atoms with Crippen molar-refractivity contribution >= 4 is 27.5 Å². The van der Waals surface area contributed by atoms with E-state index in [1.807, 2.05) is 18.2 Å². The van der Waals surface area contributed by atoms with Crippen LogP contribution in [0.15, 0.2) is 41.1 Å². The number of carbonyl (C=O) groups is 1. The number of halogens is 1. The van der Waals surface area contributed by atoms with Gasteiger partial charge < -0.3 is 10.1 Å². The van der Waals surface area contributed by atoms with Crippen LogP contribution in [0.5, 0.6) is 0 Å². The van der Waals surface area contributed by atoms with Crippen LogP contribution in [0.3, 0.4) is 0 Å². The third-order valence-electron chi connectivity index (χ3n) is 3.63. The molecule has 1 aromatic carbocycles. The van der Waals surface area contributed by atoms with Gasteiger partial charge in [0, 0.05) is 31.5 Å². The minimum absolute atomic E-state index is 0.0934. The summed E-state index contributed by atoms with van der Waals surface area (Å²) in [5, 5.41) is 7.00. The van der Waals surface area contributed by atoms with E-state index in [0.717, 1.165) is 43.0 Å². The topological polar surface area (TPSA) is 59.4 Å². The molecule has 0 unspecified atom stereocenters. The predicted molar refractivity (Wildman–Crippen MR) is 91.1 cm³/mol. The van der Waals surface area contributed by atoms with Gasteiger partial charge in [0.15, 0.2) is 0 Å². The first-order chi connectivity index (χ1) is 11.2. The summed E-state index contributed by atoms with van der Waals surface area (Å²) in [6.45, 7) is 4.54. The fourth-order valence-corrected chi connectivity index (χ4v) is 2.87. The first kappa shape index (κ1) is 16.2. The summed E-state index contributed by atoms with van der Waals surface area (Å²) in [7, 11) is 0. The molecule has 0 atom stereocenters. The van der Waals surface area contributed by atoms with Crippen molar-refractivity contribution in [2.75, 3.05) is 31.6 Å². The van der Waals surface area contributed by atoms with Crippen LogP contribution in [0, 0.1) is 0 Å². The minimum Gasteiger partial charge on any atom is -0.379 e. The van der Waals surface area contributed by atoms with Gasteiger partial charge in [-0.15, -0.1) is 0 Å². The van der Waals surface area contributed by atoms with Crippen molar-refractivity contribution in [2.24, 2.45) is 0 Å². The van der Waals surface area contributed by atoms with Crippen LogP contribution in [0.4, 0.5) is 5.69 Å². The number of nitrogens with zero attached hydrogens (tertiary/aromatic N) is 3. The highest BCUT2D eigenvalue weighted by Gasteiger charge is 2.11. The highest BCUT2D eigenvalue weighted by molar-refractivity contribution is 9.10. The van der Waals surface area contributed by atoms with Gasteiger partial charge in [-0.1, -0.05) is 12.1 Å². The fourth-order valence-electron chi connectivity index (χ4n) is 2.54. The number of anilines is 1. The maximum atomic E-state index is 12.1. The lowest BCUT2D eigenvalue weighted by Crippen LogP contribution is -2.35. The molecule has 7 heteroatoms. The van der Waals surface area contributed by atoms with Crippen LogP contribution >= 0.6 is 15.9 Å². The largest absolute Gasteiger partial charge is 0.379 e. The van der Waals surface area contributed by atoms with Crippen molar-refractivity contribution in [3.63, 3.8) is 0 Å². The first-order valence-corrected chi connectivity index (χ1v) is 8.35. The van der Waals surface area contributed by atoms with E-state index in [2.05, 4.69) is 37.3 Å². The summed E-state index contributed by atoms with van der Waals surface area (Å²) >= 11 is 3.32. The van der Waals surface area contributed by atoms with Crippen LogP contribution in [0.25, 0.3) is 0 Å². The highest BCUT2D eigenvalue weighted by Crippen LogP contribution is 2.14. The van der Waals surface area contributed by atoms with Crippen LogP contribution in [-0.4, -0.2) is 46.9 Å². The number of rotatable bonds is 5. The monoisotopic (exact) mass is 378 g/mol. The first-order valence-electron chi connectivity index (χ1n) is 7.56. The Labute approximate surface area is 143 Å². The molecule has 1 aliphatic heterocycles. The summed E-state index contributed by atoms with van der Waals surface area (Å²) < 4.78 is 7.82. The third-order valence-corrected chi connectivity index (χ3v) is 4.04. The number of aromatic nitrogens is 2. The molecule has 2 aromatic rings. The third kappa shape index (κ3) is 4.89. The van der Waals surface area contributed by atoms with E-state index in [1.165, 1.54) is 5.56 Å². The van der Waals surface area contributed by atoms with Gasteiger partial charge in [0.25, 0.3) is 0 Å². The second kappa shape index (κ2) is 7.72. The van der Waals surface area contributed by atoms with Gasteiger partial charge in [-0.2, -0.15) is 5.10 Å². The number of benzene rings is 1. The molecular weight excluding hydrogens is 360 g/mol. The molecule has 1 N–H and O–H groups in total. The molecule has 3 rings (SSSR count). The number of morpholine rings is 1. The van der Waals surface area contributed by atoms with E-state index in [1.54, 1.807) is 17.1 Å². The number of nitrogens with one attached hydrogen (secondary N) is 1. The van der Waals surface area contributed by atoms with Gasteiger partial charge in [-0.3, -0.25) is 14.4 Å². The van der Waals surface area contributed by atoms with E-state index in [4.69, 9.17) is 4.74 Å². The summed E-state index contributed by atoms with van der Waals surface area (Å²) in [6, 6.07) is 7.97. The van der Waals surface area contributed by atoms with Crippen LogP contribution in [-0.2, 0) is 22.6 Å². The number of amides is 1. The van der Waals surface area contributed by atoms with Crippen molar-refractivity contribution in [3.05, 3.63) is 46.7 Å². The number of hydrogen-bond acceptors (Lipinski definition) is 4. The zero-order valence-corrected chi connectivity index (χ0v) is 14.3. The lowest BCUT2D eigenvalue weighted by Gasteiger charge is -2.26. The van der Waals surface area contributed by atoms with E-state index in [-0.39, 0.29) is 12.5 Å². The lowest BCUT2D eigenvalue weighted by atomic mass is 10.2. The smallest absolute Gasteiger partial charge is 0.246 e. The molecule has 1 saturated heterocycles. The molecule has 0 aliphatic carbocycles. The Balaban J connectivity index is 1.57. The molecule has 1 amide bonds. The van der Waals surface area contributed by atoms with Crippen LogP contribution < -0.4 is 5.32 Å². The number of carbonyl (C=O) groups excluding carboxylic acids is 1. The molecule has 23 heavy (non-hydrogen) atoms. The number of ether oxygens (including phenoxy) is 1. The highest BCUT2D eigenvalue weighted by atomic mass is 79.9. The second-order valence-corrected chi connectivity index (χ2v) is 6.41. The van der Waals surface area contributed by atoms with Crippen molar-refractivity contribution in [3.8, 4) is 0 Å². The van der Waals surface area contributed by atoms with Crippen molar-refractivity contribution in [1.82, 2.24) is 14.7 Å². The Morgan fingerprint density at radius 1 is 1.35 bits per heavy atom. The SMILES string of the molecule is O=C(Cn1cc(Br)cn1)Nc1cccc(CN2CCOCC2)c1. The molecule has 122 valence electrons. The summed E-state index contributed by atoms with van der Waals surface area (Å²) in [5.74, 6) is -0.0934. The molecule has 0 radical (unpaired) electrons. The average molecular weight is 379 g/mol. The van der Waals surface area contributed by atoms with Crippen molar-refractivity contribution in [2.45, 2.75) is 13.1 Å². The van der Waals surface area contributed by atoms with E-state index in [0.29, 0.717) is 0 Å². The standard InChI is InChI=1S/C16H19BrN4O2/c17-14-9-18-21(11-14)12-16(22)19-15-3-1-2-13(8-15)10-20-4-6-23-7-5-20/h1-3,8-9,11H,4-7,10,12H2,(H,19,22). The Morgan fingerprint density at radius 3 is 2.91 bits per heavy atom. The van der Waals surface area contributed by atoms with Crippen LogP contribution in [0.2, 0.25) is 0 Å². The molecule has 0 bridgehead atoms. The predicted octanol–water partition coefficient (Wildman–Crippen LogP) is 2.12. The van der Waals surface area contributed by atoms with Crippen LogP contribution in [0.1, 0.15) is 5.56 Å². The van der Waals surface area contributed by atoms with Crippen molar-refractivity contribution in [1.29, 1.82) is 0 Å². The zero-order chi connectivity index (χ0) is 16.1. The Morgan fingerprint density at radius 2 is 2.17 bits per heavy atom. The van der Waals surface area contributed by atoms with E-state index >= 15 is 0 Å². The van der Waals surface area contributed by atoms with Gasteiger partial charge in [-0.05, 0) is 33.6 Å². The fraction of sp³-hybridized carbons (Fsp3) is 0.375. The van der Waals surface area contributed by atoms with Gasteiger partial charge >= 0.3 is 0 Å². The van der Waals surface area contributed by atoms with Gasteiger partial charge in [0.05, 0.1) is 23.9 Å². The summed E-state index contributed by atoms with van der Waals surface area (Å²) in [5.41, 5.74) is 2.00. The second-order valence-electron chi connectivity index (χ2n) is 5.49. The molecule has 1 aromatic heterocycles. The van der Waals surface area contributed by atoms with Gasteiger partial charge in [0.1, 0.15) is 6.54 Å². The molecule has 0 saturated carbocycles. The minimum atomic E-state index is -0.0934. The maximum absolute atomic E-state index is 12.1. The molecule has 2 heterocycles. The molecule has 0 spiro atoms.